The summed E-state index contributed by atoms with van der Waals surface area (Å²) in [5.74, 6) is 0. The molecule has 0 aromatic rings. The van der Waals surface area contributed by atoms with Gasteiger partial charge in [0.1, 0.15) is 0 Å². The van der Waals surface area contributed by atoms with E-state index in [0.29, 0.717) is 0 Å². The lowest BCUT2D eigenvalue weighted by Crippen LogP contribution is -0.482. The van der Waals surface area contributed by atoms with Crippen molar-refractivity contribution in [3.63, 3.8) is 0 Å². The van der Waals surface area contributed by atoms with Gasteiger partial charge in [-0.2, -0.15) is 0 Å². The van der Waals surface area contributed by atoms with Gasteiger partial charge < -0.3 is 30.8 Å². The number of halogens is 30. The van der Waals surface area contributed by atoms with E-state index in [0.717, 1.165) is 0 Å². The zero-order valence-corrected chi connectivity index (χ0v) is 40.3. The fourth-order valence-corrected chi connectivity index (χ4v) is 0. The van der Waals surface area contributed by atoms with Gasteiger partial charge in [0.05, 0.1) is 0 Å². The van der Waals surface area contributed by atoms with E-state index in [-0.39, 0.29) is 403 Å². The van der Waals surface area contributed by atoms with E-state index < -0.39 is 0 Å². The first-order valence-electron chi connectivity index (χ1n) is 0. The molecule has 0 saturated heterocycles. The highest BCUT2D eigenvalue weighted by molar-refractivity contribution is 5.88. The van der Waals surface area contributed by atoms with Gasteiger partial charge in [0.15, 0.2) is 0 Å². The summed E-state index contributed by atoms with van der Waals surface area (Å²) in [7, 11) is 0. The molecule has 0 fully saturated rings. The Morgan fingerprint density at radius 3 is 0.0571 bits per heavy atom. The monoisotopic (exact) mass is 1160 g/mol. The van der Waals surface area contributed by atoms with Crippen LogP contribution in [0.4, 0.5) is 0 Å². The Morgan fingerprint density at radius 1 is 0.0571 bits per heavy atom. The summed E-state index contributed by atoms with van der Waals surface area (Å²) in [6.07, 6.45) is 0. The Balaban J connectivity index is 0. The number of hydrogen-bond acceptors (Lipinski definition) is 5. The lowest BCUT2D eigenvalue weighted by atomic mass is 14.0. The molecule has 0 aliphatic carbocycles. The van der Waals surface area contributed by atoms with Crippen LogP contribution in [0, 0.1) is 0 Å². The van der Waals surface area contributed by atoms with Crippen molar-refractivity contribution in [2.75, 3.05) is 0 Å². The van der Waals surface area contributed by atoms with E-state index >= 15 is 0 Å². The summed E-state index contributed by atoms with van der Waals surface area (Å²) in [6.45, 7) is 0. The van der Waals surface area contributed by atoms with Crippen molar-refractivity contribution in [3.8, 4) is 0 Å². The van der Waals surface area contributed by atoms with Crippen LogP contribution < -0.4 is 30.8 Å². The molecule has 15 N–H and O–H groups in total. The Bertz CT molecular complexity index is 20.7. The first kappa shape index (κ1) is 1090. The average Bonchev–Trinajstić information content (AvgIpc) is 0. The fourth-order valence-electron chi connectivity index (χ4n) is 0. The summed E-state index contributed by atoms with van der Waals surface area (Å²) < 4.78 is 0. The third-order valence-electron chi connectivity index (χ3n) is 0. The standard InChI is InChI=1S/30ClH.5H3N/h30*1H;5*1H3. The molecule has 0 aromatic heterocycles. The first-order valence-corrected chi connectivity index (χ1v) is 0. The molecule has 0 rings (SSSR count). The van der Waals surface area contributed by atoms with Gasteiger partial charge in [-0.05, 0) is 0 Å². The average molecular weight is 1180 g/mol. The minimum absolute atomic E-state index is 0. The van der Waals surface area contributed by atoms with Gasteiger partial charge in [-0.15, -0.1) is 372 Å². The van der Waals surface area contributed by atoms with E-state index in [4.69, 9.17) is 0 Å². The molecule has 0 heterocycles. The number of rotatable bonds is 0. The van der Waals surface area contributed by atoms with Gasteiger partial charge in [-0.1, -0.05) is 0 Å². The van der Waals surface area contributed by atoms with Gasteiger partial charge >= 0.3 is 0 Å². The molecule has 35 heavy (non-hydrogen) atoms. The molecule has 0 unspecified atom stereocenters. The van der Waals surface area contributed by atoms with E-state index in [9.17, 15) is 0 Å². The van der Waals surface area contributed by atoms with Crippen molar-refractivity contribution in [1.82, 2.24) is 30.8 Å². The highest BCUT2D eigenvalue weighted by Crippen LogP contribution is 0.719. The lowest BCUT2D eigenvalue weighted by molar-refractivity contribution is 2.13. The van der Waals surface area contributed by atoms with Crippen LogP contribution in [0.25, 0.3) is 0 Å². The molecular formula is H45Cl30N5. The van der Waals surface area contributed by atoms with Crippen LogP contribution >= 0.6 is 372 Å². The third-order valence-corrected chi connectivity index (χ3v) is 0. The third kappa shape index (κ3) is 965. The van der Waals surface area contributed by atoms with Gasteiger partial charge in [-0.3, -0.25) is 0 Å². The summed E-state index contributed by atoms with van der Waals surface area (Å²) in [4.78, 5) is 0. The predicted octanol–water partition coefficient (Wildman–Crippen LogP) is 13.5. The Hall–Kier alpha value is 8.50. The molecular weight excluding hydrogens is 1130 g/mol. The second-order valence-corrected chi connectivity index (χ2v) is 0. The van der Waals surface area contributed by atoms with Crippen LogP contribution in [-0.2, 0) is 0 Å². The van der Waals surface area contributed by atoms with Crippen LogP contribution in [0.3, 0.4) is 0 Å². The molecule has 0 amide bonds. The second-order valence-electron chi connectivity index (χ2n) is 0. The van der Waals surface area contributed by atoms with Gasteiger partial charge in [0.2, 0.25) is 0 Å². The van der Waals surface area contributed by atoms with Crippen LogP contribution in [0.1, 0.15) is 0 Å². The minimum atomic E-state index is 0. The first-order chi connectivity index (χ1) is 0. The van der Waals surface area contributed by atoms with Crippen LogP contribution in [0.15, 0.2) is 0 Å². The molecule has 0 aromatic carbocycles. The number of hydrogen-bond donors (Lipinski definition) is 5. The van der Waals surface area contributed by atoms with Crippen molar-refractivity contribution in [1.29, 1.82) is 0 Å². The summed E-state index contributed by atoms with van der Waals surface area (Å²) in [5.41, 5.74) is 0. The van der Waals surface area contributed by atoms with Crippen molar-refractivity contribution >= 4 is 372 Å². The van der Waals surface area contributed by atoms with Crippen LogP contribution in [-0.4, -0.2) is 0 Å². The highest BCUT2D eigenvalue weighted by atomic mass is 35.5. The molecule has 5 nitrogen and oxygen atoms in total. The summed E-state index contributed by atoms with van der Waals surface area (Å²) >= 11 is 0. The molecule has 0 radical (unpaired) electrons. The Morgan fingerprint density at radius 2 is 0.0571 bits per heavy atom. The zero-order valence-electron chi connectivity index (χ0n) is 15.8. The lowest BCUT2D eigenvalue weighted by Gasteiger charge is -0.345. The normalized spacial score (nSPS) is 0. The topological polar surface area (TPSA) is 175 Å². The second kappa shape index (κ2) is 1010. The molecule has 0 spiro atoms. The van der Waals surface area contributed by atoms with Gasteiger partial charge in [0, 0.05) is 0 Å². The van der Waals surface area contributed by atoms with Gasteiger partial charge in [0.25, 0.3) is 0 Å². The van der Waals surface area contributed by atoms with Crippen molar-refractivity contribution in [2.24, 2.45) is 0 Å². The highest BCUT2D eigenvalue weighted by Gasteiger charge is -0.117. The molecule has 0 aliphatic heterocycles. The smallest absolute Gasteiger partial charge is 0.147 e. The van der Waals surface area contributed by atoms with Gasteiger partial charge in [-0.25, -0.2) is 0 Å². The van der Waals surface area contributed by atoms with E-state index in [2.05, 4.69) is 0 Å². The quantitative estimate of drug-likeness (QED) is 0.162. The summed E-state index contributed by atoms with van der Waals surface area (Å²) in [5, 5.41) is 0. The van der Waals surface area contributed by atoms with Crippen molar-refractivity contribution in [3.05, 3.63) is 0 Å². The maximum atomic E-state index is 0. The zero-order chi connectivity index (χ0) is 0. The molecule has 35 heteroatoms. The van der Waals surface area contributed by atoms with Crippen LogP contribution in [0.2, 0.25) is 0 Å². The Labute approximate surface area is 397 Å². The largest absolute Gasteiger partial charge is 0.344 e. The van der Waals surface area contributed by atoms with E-state index in [1.165, 1.54) is 0 Å². The molecule has 0 atom stereocenters. The minimum Gasteiger partial charge on any atom is -0.344 e. The predicted molar refractivity (Wildman–Crippen MR) is 243 cm³/mol. The molecule has 0 saturated carbocycles. The van der Waals surface area contributed by atoms with Crippen LogP contribution in [0.5, 0.6) is 0 Å². The SMILES string of the molecule is Cl.Cl.Cl.Cl.Cl.Cl.Cl.Cl.Cl.Cl.Cl.Cl.Cl.Cl.Cl.Cl.Cl.Cl.Cl.Cl.Cl.Cl.Cl.Cl.Cl.Cl.Cl.Cl.Cl.Cl.N.N.N.N.N. The molecule has 0 aliphatic rings. The van der Waals surface area contributed by atoms with E-state index in [1.807, 2.05) is 0 Å². The fraction of sp³-hybridized carbons (Fsp3) is 0. The van der Waals surface area contributed by atoms with Crippen molar-refractivity contribution < 1.29 is 0 Å². The maximum absolute atomic E-state index is 0. The van der Waals surface area contributed by atoms with E-state index in [1.54, 1.807) is 0 Å². The maximum Gasteiger partial charge on any atom is -0.147 e. The summed E-state index contributed by atoms with van der Waals surface area (Å²) in [6, 6.07) is 0. The van der Waals surface area contributed by atoms with Crippen molar-refractivity contribution in [2.45, 2.75) is 0 Å². The Kier molecular flexibility index (Phi) is 31500. The molecule has 0 bridgehead atoms. The molecule has 280 valence electrons.